The molecule has 2 fully saturated rings. The third-order valence-electron chi connectivity index (χ3n) is 6.76. The summed E-state index contributed by atoms with van der Waals surface area (Å²) in [7, 11) is 0. The molecule has 2 saturated carbocycles. The Morgan fingerprint density at radius 1 is 1.06 bits per heavy atom. The van der Waals surface area contributed by atoms with Gasteiger partial charge < -0.3 is 16.4 Å². The molecule has 0 unspecified atom stereocenters. The molecule has 0 spiro atoms. The van der Waals surface area contributed by atoms with Crippen LogP contribution in [0, 0.1) is 17.6 Å². The lowest BCUT2D eigenvalue weighted by atomic mass is 9.85. The van der Waals surface area contributed by atoms with Gasteiger partial charge in [-0.1, -0.05) is 12.8 Å². The van der Waals surface area contributed by atoms with Crippen LogP contribution in [0.25, 0.3) is 11.2 Å². The molecule has 0 radical (unpaired) electrons. The highest BCUT2D eigenvalue weighted by Gasteiger charge is 2.29. The second-order valence-electron chi connectivity index (χ2n) is 8.99. The van der Waals surface area contributed by atoms with E-state index >= 15 is 0 Å². The topological polar surface area (TPSA) is 111 Å². The normalized spacial score (nSPS) is 21.4. The zero-order valence-electron chi connectivity index (χ0n) is 18.2. The lowest BCUT2D eigenvalue weighted by molar-refractivity contribution is -0.122. The van der Waals surface area contributed by atoms with E-state index in [1.54, 1.807) is 6.20 Å². The summed E-state index contributed by atoms with van der Waals surface area (Å²) < 4.78 is 29.7. The van der Waals surface area contributed by atoms with Crippen molar-refractivity contribution in [3.63, 3.8) is 0 Å². The van der Waals surface area contributed by atoms with Crippen molar-refractivity contribution < 1.29 is 13.6 Å². The van der Waals surface area contributed by atoms with Gasteiger partial charge in [0.2, 0.25) is 17.8 Å². The zero-order chi connectivity index (χ0) is 22.9. The average molecular weight is 456 g/mol. The van der Waals surface area contributed by atoms with E-state index in [-0.39, 0.29) is 23.6 Å². The van der Waals surface area contributed by atoms with E-state index in [4.69, 9.17) is 10.7 Å². The lowest BCUT2D eigenvalue weighted by Gasteiger charge is -2.29. The molecule has 0 bridgehead atoms. The average Bonchev–Trinajstić information content (AvgIpc) is 3.43. The molecular weight excluding hydrogens is 428 g/mol. The van der Waals surface area contributed by atoms with E-state index in [9.17, 15) is 13.6 Å². The van der Waals surface area contributed by atoms with Gasteiger partial charge in [-0.3, -0.25) is 9.36 Å². The zero-order valence-corrected chi connectivity index (χ0v) is 18.2. The van der Waals surface area contributed by atoms with Crippen molar-refractivity contribution in [3.8, 4) is 0 Å². The van der Waals surface area contributed by atoms with Crippen molar-refractivity contribution in [2.75, 3.05) is 10.6 Å². The first-order valence-corrected chi connectivity index (χ1v) is 11.5. The minimum Gasteiger partial charge on any atom is -0.369 e. The monoisotopic (exact) mass is 455 g/mol. The largest absolute Gasteiger partial charge is 0.369 e. The SMILES string of the molecule is NC(=O)[C@H]1CC[C@H](n2c(Nc3ccc(F)cc3F)nc3cnc(NC4CCCC4)nc32)CC1. The van der Waals surface area contributed by atoms with Crippen molar-refractivity contribution >= 4 is 34.7 Å². The fraction of sp³-hybridized carbons (Fsp3) is 0.478. The molecular formula is C23H27F2N7O. The quantitative estimate of drug-likeness (QED) is 0.508. The van der Waals surface area contributed by atoms with Crippen LogP contribution in [0.1, 0.15) is 57.4 Å². The summed E-state index contributed by atoms with van der Waals surface area (Å²) in [6.45, 7) is 0. The third kappa shape index (κ3) is 4.46. The van der Waals surface area contributed by atoms with Gasteiger partial charge in [0, 0.05) is 24.1 Å². The molecule has 33 heavy (non-hydrogen) atoms. The highest BCUT2D eigenvalue weighted by atomic mass is 19.1. The van der Waals surface area contributed by atoms with Gasteiger partial charge in [-0.2, -0.15) is 4.98 Å². The second kappa shape index (κ2) is 8.92. The van der Waals surface area contributed by atoms with Crippen molar-refractivity contribution in [2.24, 2.45) is 11.7 Å². The van der Waals surface area contributed by atoms with Gasteiger partial charge in [-0.05, 0) is 50.7 Å². The Balaban J connectivity index is 1.51. The van der Waals surface area contributed by atoms with Crippen LogP contribution in [-0.4, -0.2) is 31.5 Å². The molecule has 0 saturated heterocycles. The van der Waals surface area contributed by atoms with E-state index < -0.39 is 11.6 Å². The molecule has 8 nitrogen and oxygen atoms in total. The molecule has 0 atom stereocenters. The number of nitrogens with zero attached hydrogens (tertiary/aromatic N) is 4. The van der Waals surface area contributed by atoms with Crippen LogP contribution in [0.2, 0.25) is 0 Å². The Kier molecular flexibility index (Phi) is 5.82. The van der Waals surface area contributed by atoms with Gasteiger partial charge in [-0.25, -0.2) is 18.7 Å². The van der Waals surface area contributed by atoms with Crippen LogP contribution < -0.4 is 16.4 Å². The lowest BCUT2D eigenvalue weighted by Crippen LogP contribution is -2.28. The van der Waals surface area contributed by atoms with Crippen molar-refractivity contribution in [3.05, 3.63) is 36.0 Å². The first-order chi connectivity index (χ1) is 16.0. The van der Waals surface area contributed by atoms with Crippen LogP contribution in [0.15, 0.2) is 24.4 Å². The summed E-state index contributed by atoms with van der Waals surface area (Å²) in [6.07, 6.45) is 9.01. The number of hydrogen-bond donors (Lipinski definition) is 3. The molecule has 4 N–H and O–H groups in total. The molecule has 10 heteroatoms. The van der Waals surface area contributed by atoms with Gasteiger partial charge in [0.15, 0.2) is 5.65 Å². The number of anilines is 3. The number of hydrogen-bond acceptors (Lipinski definition) is 6. The Morgan fingerprint density at radius 3 is 2.52 bits per heavy atom. The molecule has 2 aromatic heterocycles. The predicted octanol–water partition coefficient (Wildman–Crippen LogP) is 4.42. The standard InChI is InChI=1S/C23H27F2N7O/c24-14-7-10-18(17(25)11-14)29-23-30-19-12-27-22(28-15-3-1-2-4-15)31-21(19)32(23)16-8-5-13(6-9-16)20(26)33/h7,10-13,15-16H,1-6,8-9H2,(H2,26,33)(H,29,30)(H,27,28,31)/t13-,16-. The molecule has 2 aliphatic rings. The minimum atomic E-state index is -0.708. The number of halogens is 2. The van der Waals surface area contributed by atoms with Gasteiger partial charge in [-0.15, -0.1) is 0 Å². The number of carbonyl (C=O) groups excluding carboxylic acids is 1. The Bertz CT molecular complexity index is 1170. The van der Waals surface area contributed by atoms with E-state index in [0.717, 1.165) is 31.7 Å². The molecule has 2 heterocycles. The second-order valence-corrected chi connectivity index (χ2v) is 8.99. The maximum absolute atomic E-state index is 14.4. The molecule has 5 rings (SSSR count). The van der Waals surface area contributed by atoms with E-state index in [0.29, 0.717) is 41.9 Å². The molecule has 0 aliphatic heterocycles. The van der Waals surface area contributed by atoms with Crippen LogP contribution >= 0.6 is 0 Å². The van der Waals surface area contributed by atoms with Crippen molar-refractivity contribution in [2.45, 2.75) is 63.5 Å². The summed E-state index contributed by atoms with van der Waals surface area (Å²) in [4.78, 5) is 25.4. The van der Waals surface area contributed by atoms with Crippen LogP contribution in [0.5, 0.6) is 0 Å². The van der Waals surface area contributed by atoms with Gasteiger partial charge in [0.05, 0.1) is 11.9 Å². The van der Waals surface area contributed by atoms with Crippen molar-refractivity contribution in [1.29, 1.82) is 0 Å². The number of rotatable bonds is 6. The number of amides is 1. The maximum Gasteiger partial charge on any atom is 0.224 e. The number of primary amides is 1. The van der Waals surface area contributed by atoms with Crippen LogP contribution in [-0.2, 0) is 4.79 Å². The Labute approximate surface area is 190 Å². The highest BCUT2D eigenvalue weighted by molar-refractivity contribution is 5.78. The van der Waals surface area contributed by atoms with E-state index in [2.05, 4.69) is 20.6 Å². The van der Waals surface area contributed by atoms with E-state index in [1.165, 1.54) is 25.0 Å². The number of carbonyl (C=O) groups is 1. The maximum atomic E-state index is 14.4. The molecule has 1 amide bonds. The summed E-state index contributed by atoms with van der Waals surface area (Å²) in [5.41, 5.74) is 6.84. The minimum absolute atomic E-state index is 0.00541. The Morgan fingerprint density at radius 2 is 1.82 bits per heavy atom. The number of fused-ring (bicyclic) bond motifs is 1. The Hall–Kier alpha value is -3.30. The van der Waals surface area contributed by atoms with Gasteiger partial charge in [0.1, 0.15) is 17.2 Å². The summed E-state index contributed by atoms with van der Waals surface area (Å²) in [5.74, 6) is -0.825. The van der Waals surface area contributed by atoms with E-state index in [1.807, 2.05) is 4.57 Å². The van der Waals surface area contributed by atoms with Crippen LogP contribution in [0.3, 0.4) is 0 Å². The number of benzene rings is 1. The molecule has 3 aromatic rings. The smallest absolute Gasteiger partial charge is 0.224 e. The molecule has 174 valence electrons. The highest BCUT2D eigenvalue weighted by Crippen LogP contribution is 2.37. The first kappa shape index (κ1) is 21.5. The number of nitrogens with two attached hydrogens (primary N) is 1. The molecule has 1 aromatic carbocycles. The predicted molar refractivity (Wildman–Crippen MR) is 121 cm³/mol. The number of aromatic nitrogens is 4. The fourth-order valence-electron chi connectivity index (χ4n) is 4.98. The van der Waals surface area contributed by atoms with Crippen LogP contribution in [0.4, 0.5) is 26.4 Å². The summed E-state index contributed by atoms with van der Waals surface area (Å²) >= 11 is 0. The van der Waals surface area contributed by atoms with Gasteiger partial charge in [0.25, 0.3) is 0 Å². The summed E-state index contributed by atoms with van der Waals surface area (Å²) in [6, 6.07) is 3.73. The number of nitrogens with one attached hydrogen (secondary N) is 2. The third-order valence-corrected chi connectivity index (χ3v) is 6.76. The summed E-state index contributed by atoms with van der Waals surface area (Å²) in [5, 5.41) is 6.42. The first-order valence-electron chi connectivity index (χ1n) is 11.5. The molecule has 2 aliphatic carbocycles. The fourth-order valence-corrected chi connectivity index (χ4v) is 4.98. The number of imidazole rings is 1. The van der Waals surface area contributed by atoms with Gasteiger partial charge >= 0.3 is 0 Å². The van der Waals surface area contributed by atoms with Crippen molar-refractivity contribution in [1.82, 2.24) is 19.5 Å².